The predicted molar refractivity (Wildman–Crippen MR) is 117 cm³/mol. The van der Waals surface area contributed by atoms with E-state index in [-0.39, 0.29) is 34.9 Å². The number of aromatic nitrogens is 2. The van der Waals surface area contributed by atoms with Gasteiger partial charge in [0.1, 0.15) is 22.1 Å². The summed E-state index contributed by atoms with van der Waals surface area (Å²) in [5.74, 6) is -2.63. The second kappa shape index (κ2) is 9.61. The van der Waals surface area contributed by atoms with Crippen LogP contribution < -0.4 is 5.32 Å². The lowest BCUT2D eigenvalue weighted by atomic mass is 10.0. The molecule has 35 heavy (non-hydrogen) atoms. The summed E-state index contributed by atoms with van der Waals surface area (Å²) in [5.41, 5.74) is -0.263. The maximum absolute atomic E-state index is 13.3. The SMILES string of the molecule is CC1=C(CS(=O)(=O)O)CN(C)C(O)=C1/N=N/c1cc(Nc2cc(F)nc(F)n2)ccc1S(=O)(=O)O. The molecular formula is C18H18F2N6O7S2. The Morgan fingerprint density at radius 2 is 1.80 bits per heavy atom. The van der Waals surface area contributed by atoms with Crippen molar-refractivity contribution in [1.82, 2.24) is 14.9 Å². The van der Waals surface area contributed by atoms with Crippen molar-refractivity contribution in [2.45, 2.75) is 11.8 Å². The molecule has 0 fully saturated rings. The zero-order valence-electron chi connectivity index (χ0n) is 18.0. The van der Waals surface area contributed by atoms with E-state index in [1.165, 1.54) is 18.9 Å². The molecule has 17 heteroatoms. The average molecular weight is 533 g/mol. The Hall–Kier alpha value is -3.54. The molecule has 3 rings (SSSR count). The number of likely N-dealkylation sites (N-methyl/N-ethyl adjacent to an activating group) is 1. The topological polar surface area (TPSA) is 195 Å². The number of allylic oxidation sites excluding steroid dienone is 1. The Labute approximate surface area is 198 Å². The van der Waals surface area contributed by atoms with Gasteiger partial charge < -0.3 is 15.3 Å². The third-order valence-corrected chi connectivity index (χ3v) is 6.29. The van der Waals surface area contributed by atoms with Crippen molar-refractivity contribution >= 4 is 37.4 Å². The second-order valence-corrected chi connectivity index (χ2v) is 10.2. The first-order chi connectivity index (χ1) is 16.1. The fourth-order valence-corrected chi connectivity index (χ4v) is 4.44. The largest absolute Gasteiger partial charge is 0.493 e. The first-order valence-corrected chi connectivity index (χ1v) is 12.5. The maximum Gasteiger partial charge on any atom is 0.313 e. The quantitative estimate of drug-likeness (QED) is 0.177. The van der Waals surface area contributed by atoms with E-state index >= 15 is 0 Å². The van der Waals surface area contributed by atoms with Gasteiger partial charge in [0.15, 0.2) is 0 Å². The van der Waals surface area contributed by atoms with Crippen LogP contribution in [0, 0.1) is 12.0 Å². The van der Waals surface area contributed by atoms with Gasteiger partial charge in [0.05, 0.1) is 5.75 Å². The summed E-state index contributed by atoms with van der Waals surface area (Å²) < 4.78 is 91.5. The summed E-state index contributed by atoms with van der Waals surface area (Å²) in [7, 11) is -7.79. The normalized spacial score (nSPS) is 15.3. The summed E-state index contributed by atoms with van der Waals surface area (Å²) in [5, 5.41) is 20.5. The van der Waals surface area contributed by atoms with Crippen molar-refractivity contribution in [2.24, 2.45) is 10.2 Å². The number of benzene rings is 1. The summed E-state index contributed by atoms with van der Waals surface area (Å²) >= 11 is 0. The number of anilines is 2. The molecule has 13 nitrogen and oxygen atoms in total. The molecule has 1 aromatic heterocycles. The van der Waals surface area contributed by atoms with Gasteiger partial charge in [-0.25, -0.2) is 0 Å². The van der Waals surface area contributed by atoms with Crippen LogP contribution >= 0.6 is 0 Å². The van der Waals surface area contributed by atoms with Gasteiger partial charge in [-0.3, -0.25) is 9.11 Å². The number of hydrogen-bond acceptors (Lipinski definition) is 11. The minimum atomic E-state index is -4.80. The monoisotopic (exact) mass is 532 g/mol. The lowest BCUT2D eigenvalue weighted by Gasteiger charge is -2.27. The number of azo groups is 1. The molecule has 2 heterocycles. The fourth-order valence-electron chi connectivity index (χ4n) is 3.09. The van der Waals surface area contributed by atoms with E-state index in [2.05, 4.69) is 25.5 Å². The number of rotatable bonds is 7. The van der Waals surface area contributed by atoms with Gasteiger partial charge in [-0.05, 0) is 36.3 Å². The number of nitrogens with one attached hydrogen (secondary N) is 1. The van der Waals surface area contributed by atoms with Gasteiger partial charge in [0, 0.05) is 25.3 Å². The van der Waals surface area contributed by atoms with Crippen LogP contribution in [0.4, 0.5) is 26.0 Å². The first kappa shape index (κ1) is 26.1. The Morgan fingerprint density at radius 1 is 1.11 bits per heavy atom. The van der Waals surface area contributed by atoms with E-state index in [0.717, 1.165) is 24.3 Å². The van der Waals surface area contributed by atoms with Crippen LogP contribution in [0.2, 0.25) is 0 Å². The maximum atomic E-state index is 13.3. The number of hydrogen-bond donors (Lipinski definition) is 4. The molecule has 4 N–H and O–H groups in total. The van der Waals surface area contributed by atoms with Crippen LogP contribution in [0.3, 0.4) is 0 Å². The standard InChI is InChI=1S/C18H18F2N6O7S2/c1-9-10(8-34(28,29)30)7-26(2)17(27)16(9)25-24-12-5-11(3-4-13(12)35(31,32)33)21-15-6-14(19)22-18(20)23-15/h3-6,27H,7-8H2,1-2H3,(H,21,22,23)(H,28,29,30)(H,31,32,33)/b25-24+. The second-order valence-electron chi connectivity index (χ2n) is 7.31. The van der Waals surface area contributed by atoms with E-state index < -0.39 is 54.5 Å². The van der Waals surface area contributed by atoms with Gasteiger partial charge in [0.25, 0.3) is 20.2 Å². The fraction of sp³-hybridized carbons (Fsp3) is 0.222. The van der Waals surface area contributed by atoms with Crippen molar-refractivity contribution in [3.05, 3.63) is 59.0 Å². The number of nitrogens with zero attached hydrogens (tertiary/aromatic N) is 5. The van der Waals surface area contributed by atoms with Gasteiger partial charge in [-0.1, -0.05) is 0 Å². The van der Waals surface area contributed by atoms with Gasteiger partial charge >= 0.3 is 6.08 Å². The molecule has 0 spiro atoms. The van der Waals surface area contributed by atoms with Crippen molar-refractivity contribution in [3.63, 3.8) is 0 Å². The number of aliphatic hydroxyl groups excluding tert-OH is 1. The van der Waals surface area contributed by atoms with Gasteiger partial charge in [-0.2, -0.15) is 35.6 Å². The zero-order chi connectivity index (χ0) is 26.1. The molecule has 0 saturated carbocycles. The van der Waals surface area contributed by atoms with Crippen molar-refractivity contribution < 1.29 is 39.8 Å². The van der Waals surface area contributed by atoms with Crippen molar-refractivity contribution in [1.29, 1.82) is 0 Å². The molecule has 0 aliphatic carbocycles. The molecule has 1 aliphatic rings. The summed E-state index contributed by atoms with van der Waals surface area (Å²) in [6.07, 6.45) is -1.35. The molecule has 0 amide bonds. The van der Waals surface area contributed by atoms with E-state index in [0.29, 0.717) is 0 Å². The van der Waals surface area contributed by atoms with E-state index in [1.54, 1.807) is 0 Å². The Bertz CT molecular complexity index is 1470. The molecule has 0 saturated heterocycles. The summed E-state index contributed by atoms with van der Waals surface area (Å²) in [6.45, 7) is 1.37. The van der Waals surface area contributed by atoms with Crippen LogP contribution in [-0.2, 0) is 20.2 Å². The molecule has 0 unspecified atom stereocenters. The third-order valence-electron chi connectivity index (χ3n) is 4.68. The molecule has 1 aliphatic heterocycles. The van der Waals surface area contributed by atoms with Crippen LogP contribution in [0.25, 0.3) is 0 Å². The molecule has 0 atom stereocenters. The molecule has 0 bridgehead atoms. The average Bonchev–Trinajstić information content (AvgIpc) is 2.69. The highest BCUT2D eigenvalue weighted by Gasteiger charge is 2.26. The molecule has 188 valence electrons. The van der Waals surface area contributed by atoms with Crippen molar-refractivity contribution in [3.8, 4) is 0 Å². The lowest BCUT2D eigenvalue weighted by molar-refractivity contribution is 0.233. The van der Waals surface area contributed by atoms with E-state index in [4.69, 9.17) is 0 Å². The molecule has 2 aromatic rings. The minimum absolute atomic E-state index is 0.0434. The summed E-state index contributed by atoms with van der Waals surface area (Å²) in [6, 6.07) is 3.92. The van der Waals surface area contributed by atoms with Crippen LogP contribution in [0.1, 0.15) is 6.92 Å². The Balaban J connectivity index is 2.06. The van der Waals surface area contributed by atoms with E-state index in [9.17, 15) is 39.8 Å². The third kappa shape index (κ3) is 6.53. The minimum Gasteiger partial charge on any atom is -0.493 e. The number of aliphatic hydroxyl groups is 1. The molecular weight excluding hydrogens is 514 g/mol. The highest BCUT2D eigenvalue weighted by Crippen LogP contribution is 2.32. The zero-order valence-corrected chi connectivity index (χ0v) is 19.6. The smallest absolute Gasteiger partial charge is 0.313 e. The lowest BCUT2D eigenvalue weighted by Crippen LogP contribution is -2.29. The number of halogens is 2. The Kier molecular flexibility index (Phi) is 7.16. The first-order valence-electron chi connectivity index (χ1n) is 9.43. The van der Waals surface area contributed by atoms with Gasteiger partial charge in [-0.15, -0.1) is 10.2 Å². The Morgan fingerprint density at radius 3 is 2.40 bits per heavy atom. The van der Waals surface area contributed by atoms with Crippen LogP contribution in [-0.4, -0.2) is 65.3 Å². The van der Waals surface area contributed by atoms with Gasteiger partial charge in [0.2, 0.25) is 11.8 Å². The van der Waals surface area contributed by atoms with Crippen LogP contribution in [0.5, 0.6) is 0 Å². The van der Waals surface area contributed by atoms with Crippen molar-refractivity contribution in [2.75, 3.05) is 24.7 Å². The summed E-state index contributed by atoms with van der Waals surface area (Å²) in [4.78, 5) is 6.73. The highest BCUT2D eigenvalue weighted by atomic mass is 32.2. The highest BCUT2D eigenvalue weighted by molar-refractivity contribution is 7.86. The van der Waals surface area contributed by atoms with E-state index in [1.807, 2.05) is 0 Å². The van der Waals surface area contributed by atoms with Crippen LogP contribution in [0.15, 0.2) is 62.1 Å². The molecule has 0 radical (unpaired) electrons. The predicted octanol–water partition coefficient (Wildman–Crippen LogP) is 2.71. The molecule has 1 aromatic carbocycles.